The Hall–Kier alpha value is -1.51. The van der Waals surface area contributed by atoms with Gasteiger partial charge in [0.15, 0.2) is 0 Å². The van der Waals surface area contributed by atoms with Crippen molar-refractivity contribution in [1.29, 1.82) is 0 Å². The van der Waals surface area contributed by atoms with Crippen LogP contribution >= 0.6 is 0 Å². The maximum Gasteiger partial charge on any atom is 0.303 e. The van der Waals surface area contributed by atoms with Crippen LogP contribution < -0.4 is 4.74 Å². The minimum atomic E-state index is -0.279. The molecule has 1 aromatic rings. The Labute approximate surface area is 109 Å². The van der Waals surface area contributed by atoms with E-state index in [0.29, 0.717) is 12.5 Å². The highest BCUT2D eigenvalue weighted by Crippen LogP contribution is 2.21. The van der Waals surface area contributed by atoms with E-state index in [-0.39, 0.29) is 12.1 Å². The van der Waals surface area contributed by atoms with Crippen molar-refractivity contribution in [3.8, 4) is 5.75 Å². The van der Waals surface area contributed by atoms with Crippen molar-refractivity contribution in [2.75, 3.05) is 6.61 Å². The van der Waals surface area contributed by atoms with Crippen LogP contribution in [0.3, 0.4) is 0 Å². The molecule has 0 unspecified atom stereocenters. The number of carbonyl (C=O) groups is 1. The Balaban J connectivity index is 2.46. The first-order valence-corrected chi connectivity index (χ1v) is 6.43. The summed E-state index contributed by atoms with van der Waals surface area (Å²) in [5.74, 6) is 1.10. The molecule has 0 spiro atoms. The van der Waals surface area contributed by atoms with Crippen molar-refractivity contribution < 1.29 is 14.3 Å². The zero-order valence-electron chi connectivity index (χ0n) is 11.6. The smallest absolute Gasteiger partial charge is 0.303 e. The molecule has 0 aliphatic heterocycles. The lowest BCUT2D eigenvalue weighted by molar-refractivity contribution is -0.146. The van der Waals surface area contributed by atoms with Gasteiger partial charge in [0.2, 0.25) is 0 Å². The number of hydrogen-bond acceptors (Lipinski definition) is 3. The zero-order valence-corrected chi connectivity index (χ0v) is 11.6. The van der Waals surface area contributed by atoms with Crippen LogP contribution in [-0.4, -0.2) is 18.7 Å². The minimum Gasteiger partial charge on any atom is -0.490 e. The molecule has 0 saturated heterocycles. The van der Waals surface area contributed by atoms with Crippen molar-refractivity contribution >= 4 is 5.97 Å². The number of carbonyl (C=O) groups excluding carboxylic acids is 1. The van der Waals surface area contributed by atoms with Gasteiger partial charge >= 0.3 is 5.97 Å². The third-order valence-electron chi connectivity index (χ3n) is 2.91. The van der Waals surface area contributed by atoms with Gasteiger partial charge < -0.3 is 9.47 Å². The quantitative estimate of drug-likeness (QED) is 0.724. The molecule has 3 heteroatoms. The fraction of sp³-hybridized carbons (Fsp3) is 0.533. The fourth-order valence-corrected chi connectivity index (χ4v) is 1.66. The average Bonchev–Trinajstić information content (AvgIpc) is 2.35. The molecule has 0 aliphatic carbocycles. The van der Waals surface area contributed by atoms with Gasteiger partial charge in [-0.2, -0.15) is 0 Å². The predicted molar refractivity (Wildman–Crippen MR) is 71.9 cm³/mol. The summed E-state index contributed by atoms with van der Waals surface area (Å²) in [7, 11) is 0. The standard InChI is InChI=1S/C15H22O3/c1-5-11(2)14-6-8-15(9-7-14)17-10-12(3)18-13(4)16/h6-9,11-12H,5,10H2,1-4H3/t11-,12-/m0/s1. The molecule has 100 valence electrons. The van der Waals surface area contributed by atoms with Crippen LogP contribution in [0, 0.1) is 0 Å². The fourth-order valence-electron chi connectivity index (χ4n) is 1.66. The van der Waals surface area contributed by atoms with Crippen molar-refractivity contribution in [2.24, 2.45) is 0 Å². The van der Waals surface area contributed by atoms with Gasteiger partial charge in [0, 0.05) is 6.92 Å². The number of benzene rings is 1. The van der Waals surface area contributed by atoms with E-state index in [1.165, 1.54) is 12.5 Å². The number of hydrogen-bond donors (Lipinski definition) is 0. The molecular formula is C15H22O3. The SMILES string of the molecule is CC[C@H](C)c1ccc(OC[C@H](C)OC(C)=O)cc1. The first-order chi connectivity index (χ1) is 8.52. The molecule has 18 heavy (non-hydrogen) atoms. The summed E-state index contributed by atoms with van der Waals surface area (Å²) in [6.07, 6.45) is 0.903. The van der Waals surface area contributed by atoms with Gasteiger partial charge in [-0.05, 0) is 37.0 Å². The summed E-state index contributed by atoms with van der Waals surface area (Å²) < 4.78 is 10.5. The molecule has 1 rings (SSSR count). The van der Waals surface area contributed by atoms with Crippen molar-refractivity contribution in [3.63, 3.8) is 0 Å². The molecule has 0 aromatic heterocycles. The van der Waals surface area contributed by atoms with Gasteiger partial charge in [-0.15, -0.1) is 0 Å². The van der Waals surface area contributed by atoms with Crippen LogP contribution in [-0.2, 0) is 9.53 Å². The second-order valence-corrected chi connectivity index (χ2v) is 4.61. The highest BCUT2D eigenvalue weighted by atomic mass is 16.6. The highest BCUT2D eigenvalue weighted by molar-refractivity contribution is 5.66. The van der Waals surface area contributed by atoms with Crippen LogP contribution in [0.15, 0.2) is 24.3 Å². The number of esters is 1. The summed E-state index contributed by atoms with van der Waals surface area (Å²) in [6.45, 7) is 7.98. The molecular weight excluding hydrogens is 228 g/mol. The lowest BCUT2D eigenvalue weighted by Crippen LogP contribution is -2.20. The molecule has 0 radical (unpaired) electrons. The molecule has 0 N–H and O–H groups in total. The summed E-state index contributed by atoms with van der Waals surface area (Å²) in [5.41, 5.74) is 1.32. The molecule has 0 saturated carbocycles. The van der Waals surface area contributed by atoms with Gasteiger partial charge in [0.05, 0.1) is 0 Å². The van der Waals surface area contributed by atoms with E-state index in [0.717, 1.165) is 12.2 Å². The van der Waals surface area contributed by atoms with Crippen LogP contribution in [0.5, 0.6) is 5.75 Å². The second kappa shape index (κ2) is 7.04. The molecule has 0 fully saturated rings. The van der Waals surface area contributed by atoms with Gasteiger partial charge in [-0.3, -0.25) is 4.79 Å². The van der Waals surface area contributed by atoms with E-state index in [2.05, 4.69) is 26.0 Å². The number of rotatable bonds is 6. The summed E-state index contributed by atoms with van der Waals surface area (Å²) in [6, 6.07) is 8.09. The summed E-state index contributed by atoms with van der Waals surface area (Å²) in [5, 5.41) is 0. The van der Waals surface area contributed by atoms with Crippen LogP contribution in [0.2, 0.25) is 0 Å². The summed E-state index contributed by atoms with van der Waals surface area (Å²) in [4.78, 5) is 10.7. The topological polar surface area (TPSA) is 35.5 Å². The van der Waals surface area contributed by atoms with Gasteiger partial charge in [-0.1, -0.05) is 26.0 Å². The first-order valence-electron chi connectivity index (χ1n) is 6.43. The highest BCUT2D eigenvalue weighted by Gasteiger charge is 2.07. The molecule has 0 bridgehead atoms. The Kier molecular flexibility index (Phi) is 5.69. The van der Waals surface area contributed by atoms with E-state index >= 15 is 0 Å². The van der Waals surface area contributed by atoms with Gasteiger partial charge in [0.1, 0.15) is 18.5 Å². The first kappa shape index (κ1) is 14.6. The van der Waals surface area contributed by atoms with Crippen LogP contribution in [0.1, 0.15) is 45.6 Å². The van der Waals surface area contributed by atoms with Crippen molar-refractivity contribution in [3.05, 3.63) is 29.8 Å². The van der Waals surface area contributed by atoms with Gasteiger partial charge in [-0.25, -0.2) is 0 Å². The maximum atomic E-state index is 10.7. The normalized spacial score (nSPS) is 13.8. The molecule has 3 nitrogen and oxygen atoms in total. The van der Waals surface area contributed by atoms with Crippen molar-refractivity contribution in [1.82, 2.24) is 0 Å². The van der Waals surface area contributed by atoms with Crippen LogP contribution in [0.25, 0.3) is 0 Å². The lowest BCUT2D eigenvalue weighted by atomic mass is 9.99. The Morgan fingerprint density at radius 3 is 2.33 bits per heavy atom. The van der Waals surface area contributed by atoms with Gasteiger partial charge in [0.25, 0.3) is 0 Å². The van der Waals surface area contributed by atoms with Crippen LogP contribution in [0.4, 0.5) is 0 Å². The maximum absolute atomic E-state index is 10.7. The van der Waals surface area contributed by atoms with E-state index < -0.39 is 0 Å². The van der Waals surface area contributed by atoms with E-state index in [1.54, 1.807) is 0 Å². The van der Waals surface area contributed by atoms with E-state index in [9.17, 15) is 4.79 Å². The van der Waals surface area contributed by atoms with E-state index in [4.69, 9.17) is 9.47 Å². The third kappa shape index (κ3) is 4.78. The lowest BCUT2D eigenvalue weighted by Gasteiger charge is -2.14. The molecule has 1 aromatic carbocycles. The zero-order chi connectivity index (χ0) is 13.5. The van der Waals surface area contributed by atoms with E-state index in [1.807, 2.05) is 19.1 Å². The van der Waals surface area contributed by atoms with Crippen molar-refractivity contribution in [2.45, 2.75) is 46.1 Å². The Bertz CT molecular complexity index is 370. The molecule has 0 aliphatic rings. The Morgan fingerprint density at radius 2 is 1.83 bits per heavy atom. The predicted octanol–water partition coefficient (Wildman–Crippen LogP) is 3.53. The molecule has 2 atom stereocenters. The Morgan fingerprint density at radius 1 is 1.22 bits per heavy atom. The monoisotopic (exact) mass is 250 g/mol. The number of ether oxygens (including phenoxy) is 2. The molecule has 0 heterocycles. The third-order valence-corrected chi connectivity index (χ3v) is 2.91. The second-order valence-electron chi connectivity index (χ2n) is 4.61. The minimum absolute atomic E-state index is 0.225. The molecule has 0 amide bonds. The average molecular weight is 250 g/mol. The summed E-state index contributed by atoms with van der Waals surface area (Å²) >= 11 is 0. The largest absolute Gasteiger partial charge is 0.490 e.